The van der Waals surface area contributed by atoms with Crippen LogP contribution >= 0.6 is 22.5 Å². The van der Waals surface area contributed by atoms with Crippen molar-refractivity contribution in [2.75, 3.05) is 45.0 Å². The summed E-state index contributed by atoms with van der Waals surface area (Å²) in [6.45, 7) is 8.40. The first-order valence-electron chi connectivity index (χ1n) is 6.68. The molecular weight excluding hydrogens is 266 g/mol. The fraction of sp³-hybridized carbons (Fsp3) is 0.917. The Kier molecular flexibility index (Phi) is 8.92. The molecule has 0 aromatic carbocycles. The van der Waals surface area contributed by atoms with Crippen molar-refractivity contribution in [2.24, 2.45) is 5.92 Å². The zero-order chi connectivity index (χ0) is 13.2. The molecule has 0 spiro atoms. The lowest BCUT2D eigenvalue weighted by molar-refractivity contribution is -0.121. The summed E-state index contributed by atoms with van der Waals surface area (Å²) >= 11 is 4.10. The van der Waals surface area contributed by atoms with Gasteiger partial charge in [-0.3, -0.25) is 4.79 Å². The molecule has 1 heterocycles. The molecule has 1 saturated heterocycles. The maximum Gasteiger partial charge on any atom is 0.220 e. The molecule has 106 valence electrons. The van der Waals surface area contributed by atoms with Crippen LogP contribution in [0.3, 0.4) is 0 Å². The number of nitrogens with one attached hydrogen (secondary N) is 2. The minimum absolute atomic E-state index is 0.171. The van der Waals surface area contributed by atoms with E-state index in [1.165, 1.54) is 10.8 Å². The number of hydrogen-bond acceptors (Lipinski definition) is 5. The van der Waals surface area contributed by atoms with Crippen molar-refractivity contribution in [3.05, 3.63) is 0 Å². The first kappa shape index (κ1) is 16.1. The van der Waals surface area contributed by atoms with E-state index >= 15 is 0 Å². The van der Waals surface area contributed by atoms with Crippen molar-refractivity contribution in [2.45, 2.75) is 19.8 Å². The molecule has 1 rings (SSSR count). The number of carbonyl (C=O) groups is 1. The van der Waals surface area contributed by atoms with E-state index in [1.807, 2.05) is 0 Å². The van der Waals surface area contributed by atoms with Crippen molar-refractivity contribution in [3.63, 3.8) is 0 Å². The van der Waals surface area contributed by atoms with Crippen LogP contribution in [0.1, 0.15) is 19.8 Å². The third-order valence-electron chi connectivity index (χ3n) is 3.08. The summed E-state index contributed by atoms with van der Waals surface area (Å²) in [5.74, 6) is 1.50. The maximum atomic E-state index is 11.6. The maximum absolute atomic E-state index is 11.6. The van der Waals surface area contributed by atoms with E-state index in [2.05, 4.69) is 34.1 Å². The minimum atomic E-state index is 0.171. The number of thiol groups is 1. The Morgan fingerprint density at radius 3 is 2.89 bits per heavy atom. The third-order valence-corrected chi connectivity index (χ3v) is 4.24. The largest absolute Gasteiger partial charge is 0.356 e. The zero-order valence-corrected chi connectivity index (χ0v) is 12.9. The topological polar surface area (TPSA) is 44.4 Å². The summed E-state index contributed by atoms with van der Waals surface area (Å²) in [6, 6.07) is 0. The highest BCUT2D eigenvalue weighted by Gasteiger charge is 2.10. The molecule has 0 bridgehead atoms. The van der Waals surface area contributed by atoms with Crippen molar-refractivity contribution < 1.29 is 4.79 Å². The summed E-state index contributed by atoms with van der Waals surface area (Å²) in [6.07, 6.45) is 1.66. The summed E-state index contributed by atoms with van der Waals surface area (Å²) < 4.78 is 0. The number of carbonyl (C=O) groups excluding carboxylic acids is 1. The standard InChI is InChI=1S/C12H25N3OS2/c1-11(10-18-17)9-12(16)14-3-2-6-15-7-4-13-5-8-15/h11,13,17H,2-10H2,1H3,(H,14,16). The van der Waals surface area contributed by atoms with E-state index in [4.69, 9.17) is 0 Å². The fourth-order valence-corrected chi connectivity index (χ4v) is 3.18. The predicted octanol–water partition coefficient (Wildman–Crippen LogP) is 1.00. The van der Waals surface area contributed by atoms with Gasteiger partial charge in [0.1, 0.15) is 0 Å². The van der Waals surface area contributed by atoms with Crippen molar-refractivity contribution in [1.82, 2.24) is 15.5 Å². The molecule has 0 aromatic rings. The van der Waals surface area contributed by atoms with Gasteiger partial charge in [0.15, 0.2) is 0 Å². The van der Waals surface area contributed by atoms with E-state index < -0.39 is 0 Å². The Hall–Kier alpha value is 0.0900. The molecule has 0 saturated carbocycles. The van der Waals surface area contributed by atoms with Gasteiger partial charge in [0.2, 0.25) is 5.91 Å². The SMILES string of the molecule is CC(CSS)CC(=O)NCCCN1CCNCC1. The molecule has 1 amide bonds. The van der Waals surface area contributed by atoms with Crippen LogP contribution in [0.4, 0.5) is 0 Å². The minimum Gasteiger partial charge on any atom is -0.356 e. The van der Waals surface area contributed by atoms with Gasteiger partial charge in [-0.2, -0.15) is 0 Å². The van der Waals surface area contributed by atoms with Gasteiger partial charge in [-0.05, 0) is 18.9 Å². The lowest BCUT2D eigenvalue weighted by Gasteiger charge is -2.27. The summed E-state index contributed by atoms with van der Waals surface area (Å²) in [7, 11) is 1.50. The molecule has 1 fully saturated rings. The van der Waals surface area contributed by atoms with E-state index in [1.54, 1.807) is 0 Å². The summed E-state index contributed by atoms with van der Waals surface area (Å²) in [5.41, 5.74) is 0. The molecule has 1 atom stereocenters. The van der Waals surface area contributed by atoms with Crippen molar-refractivity contribution in [3.8, 4) is 0 Å². The van der Waals surface area contributed by atoms with Gasteiger partial charge < -0.3 is 15.5 Å². The lowest BCUT2D eigenvalue weighted by atomic mass is 10.1. The van der Waals surface area contributed by atoms with E-state index in [9.17, 15) is 4.79 Å². The molecular formula is C12H25N3OS2. The van der Waals surface area contributed by atoms with Gasteiger partial charge >= 0.3 is 0 Å². The Morgan fingerprint density at radius 2 is 2.22 bits per heavy atom. The van der Waals surface area contributed by atoms with E-state index in [0.29, 0.717) is 12.3 Å². The van der Waals surface area contributed by atoms with Crippen LogP contribution in [0.5, 0.6) is 0 Å². The van der Waals surface area contributed by atoms with Gasteiger partial charge in [-0.25, -0.2) is 0 Å². The van der Waals surface area contributed by atoms with Gasteiger partial charge in [0, 0.05) is 44.9 Å². The van der Waals surface area contributed by atoms with Crippen LogP contribution in [0, 0.1) is 5.92 Å². The molecule has 1 aliphatic heterocycles. The Bertz CT molecular complexity index is 235. The number of rotatable bonds is 8. The Morgan fingerprint density at radius 1 is 1.50 bits per heavy atom. The van der Waals surface area contributed by atoms with E-state index in [0.717, 1.165) is 51.4 Å². The highest BCUT2D eigenvalue weighted by atomic mass is 33.1. The average molecular weight is 291 g/mol. The predicted molar refractivity (Wildman–Crippen MR) is 82.2 cm³/mol. The quantitative estimate of drug-likeness (QED) is 0.355. The highest BCUT2D eigenvalue weighted by molar-refractivity contribution is 8.68. The summed E-state index contributed by atoms with van der Waals surface area (Å²) in [4.78, 5) is 14.1. The zero-order valence-electron chi connectivity index (χ0n) is 11.2. The normalized spacial score (nSPS) is 18.6. The van der Waals surface area contributed by atoms with Gasteiger partial charge in [0.25, 0.3) is 0 Å². The second-order valence-electron chi connectivity index (χ2n) is 4.90. The number of hydrogen-bond donors (Lipinski definition) is 3. The van der Waals surface area contributed by atoms with Crippen LogP contribution in [0.25, 0.3) is 0 Å². The Labute approximate surface area is 119 Å². The lowest BCUT2D eigenvalue weighted by Crippen LogP contribution is -2.44. The van der Waals surface area contributed by atoms with Gasteiger partial charge in [0.05, 0.1) is 0 Å². The fourth-order valence-electron chi connectivity index (χ4n) is 2.04. The Balaban J connectivity index is 1.97. The first-order valence-corrected chi connectivity index (χ1v) is 8.72. The highest BCUT2D eigenvalue weighted by Crippen LogP contribution is 2.13. The molecule has 0 radical (unpaired) electrons. The second-order valence-corrected chi connectivity index (χ2v) is 6.27. The first-order chi connectivity index (χ1) is 8.72. The van der Waals surface area contributed by atoms with Crippen LogP contribution in [-0.4, -0.2) is 55.8 Å². The van der Waals surface area contributed by atoms with Gasteiger partial charge in [-0.15, -0.1) is 11.7 Å². The summed E-state index contributed by atoms with van der Waals surface area (Å²) in [5, 5.41) is 6.33. The molecule has 18 heavy (non-hydrogen) atoms. The molecule has 6 heteroatoms. The molecule has 1 aliphatic rings. The average Bonchev–Trinajstić information content (AvgIpc) is 2.36. The number of nitrogens with zero attached hydrogens (tertiary/aromatic N) is 1. The smallest absolute Gasteiger partial charge is 0.220 e. The van der Waals surface area contributed by atoms with Crippen LogP contribution in [-0.2, 0) is 4.79 Å². The molecule has 0 aromatic heterocycles. The number of piperazine rings is 1. The van der Waals surface area contributed by atoms with Crippen molar-refractivity contribution in [1.29, 1.82) is 0 Å². The monoisotopic (exact) mass is 291 g/mol. The van der Waals surface area contributed by atoms with E-state index in [-0.39, 0.29) is 5.91 Å². The third kappa shape index (κ3) is 7.51. The molecule has 2 N–H and O–H groups in total. The number of amides is 1. The molecule has 1 unspecified atom stereocenters. The molecule has 0 aliphatic carbocycles. The van der Waals surface area contributed by atoms with Crippen LogP contribution < -0.4 is 10.6 Å². The van der Waals surface area contributed by atoms with Crippen molar-refractivity contribution >= 4 is 28.4 Å². The second kappa shape index (κ2) is 9.95. The molecule has 4 nitrogen and oxygen atoms in total. The van der Waals surface area contributed by atoms with Crippen LogP contribution in [0.15, 0.2) is 0 Å². The van der Waals surface area contributed by atoms with Gasteiger partial charge in [-0.1, -0.05) is 17.7 Å². The van der Waals surface area contributed by atoms with Crippen LogP contribution in [0.2, 0.25) is 0 Å².